The Morgan fingerprint density at radius 3 is 3.06 bits per heavy atom. The van der Waals surface area contributed by atoms with Crippen LogP contribution in [0, 0.1) is 5.95 Å². The van der Waals surface area contributed by atoms with Gasteiger partial charge in [0.25, 0.3) is 0 Å². The number of esters is 1. The molecule has 0 unspecified atom stereocenters. The van der Waals surface area contributed by atoms with Gasteiger partial charge in [-0.1, -0.05) is 0 Å². The van der Waals surface area contributed by atoms with Crippen LogP contribution in [0.2, 0.25) is 0 Å². The minimum Gasteiger partial charge on any atom is -0.467 e. The first-order valence-electron chi connectivity index (χ1n) is 5.20. The van der Waals surface area contributed by atoms with Crippen molar-refractivity contribution in [1.82, 2.24) is 4.98 Å². The van der Waals surface area contributed by atoms with Gasteiger partial charge in [-0.2, -0.15) is 4.39 Å². The molecule has 2 aromatic rings. The molecule has 2 aromatic heterocycles. The fourth-order valence-electron chi connectivity index (χ4n) is 1.37. The highest BCUT2D eigenvalue weighted by molar-refractivity contribution is 5.88. The Labute approximate surface area is 103 Å². The standard InChI is InChI=1S/C12H11FN2O3/c1-17-12(16)8-4-10(18-7-8)6-14-9-2-3-11(13)15-5-9/h2-5,7,14H,6H2,1H3. The summed E-state index contributed by atoms with van der Waals surface area (Å²) in [6.07, 6.45) is 2.70. The average Bonchev–Trinajstić information content (AvgIpc) is 2.86. The highest BCUT2D eigenvalue weighted by Crippen LogP contribution is 2.12. The third-order valence-electron chi connectivity index (χ3n) is 2.27. The van der Waals surface area contributed by atoms with Gasteiger partial charge in [-0.3, -0.25) is 0 Å². The Hall–Kier alpha value is -2.37. The van der Waals surface area contributed by atoms with Gasteiger partial charge >= 0.3 is 5.97 Å². The van der Waals surface area contributed by atoms with Crippen molar-refractivity contribution in [3.63, 3.8) is 0 Å². The number of carbonyl (C=O) groups is 1. The normalized spacial score (nSPS) is 10.1. The van der Waals surface area contributed by atoms with E-state index in [9.17, 15) is 9.18 Å². The number of anilines is 1. The second-order valence-corrected chi connectivity index (χ2v) is 3.52. The first kappa shape index (κ1) is 12.1. The molecule has 0 aliphatic carbocycles. The molecule has 0 fully saturated rings. The number of aromatic nitrogens is 1. The molecule has 0 atom stereocenters. The number of furan rings is 1. The fourth-order valence-corrected chi connectivity index (χ4v) is 1.37. The summed E-state index contributed by atoms with van der Waals surface area (Å²) in [6.45, 7) is 0.365. The number of hydrogen-bond acceptors (Lipinski definition) is 5. The third-order valence-corrected chi connectivity index (χ3v) is 2.27. The van der Waals surface area contributed by atoms with Crippen LogP contribution in [-0.4, -0.2) is 18.1 Å². The van der Waals surface area contributed by atoms with E-state index in [-0.39, 0.29) is 0 Å². The van der Waals surface area contributed by atoms with E-state index in [0.717, 1.165) is 0 Å². The molecular weight excluding hydrogens is 239 g/mol. The van der Waals surface area contributed by atoms with Crippen LogP contribution in [0.5, 0.6) is 0 Å². The number of halogens is 1. The molecule has 0 aromatic carbocycles. The SMILES string of the molecule is COC(=O)c1coc(CNc2ccc(F)nc2)c1. The van der Waals surface area contributed by atoms with Crippen molar-refractivity contribution in [3.05, 3.63) is 47.9 Å². The zero-order valence-electron chi connectivity index (χ0n) is 9.64. The molecule has 18 heavy (non-hydrogen) atoms. The Morgan fingerprint density at radius 2 is 2.39 bits per heavy atom. The maximum absolute atomic E-state index is 12.6. The van der Waals surface area contributed by atoms with E-state index >= 15 is 0 Å². The minimum absolute atomic E-state index is 0.353. The van der Waals surface area contributed by atoms with Gasteiger partial charge in [-0.15, -0.1) is 0 Å². The molecule has 5 nitrogen and oxygen atoms in total. The van der Waals surface area contributed by atoms with Crippen LogP contribution < -0.4 is 5.32 Å². The second kappa shape index (κ2) is 5.31. The summed E-state index contributed by atoms with van der Waals surface area (Å²) in [6, 6.07) is 4.40. The topological polar surface area (TPSA) is 64.4 Å². The molecule has 2 heterocycles. The van der Waals surface area contributed by atoms with Crippen molar-refractivity contribution < 1.29 is 18.3 Å². The van der Waals surface area contributed by atoms with Crippen LogP contribution in [0.25, 0.3) is 0 Å². The van der Waals surface area contributed by atoms with E-state index in [0.29, 0.717) is 23.6 Å². The lowest BCUT2D eigenvalue weighted by molar-refractivity contribution is 0.0600. The molecular formula is C12H11FN2O3. The lowest BCUT2D eigenvalue weighted by Gasteiger charge is -2.02. The Balaban J connectivity index is 1.96. The van der Waals surface area contributed by atoms with Crippen molar-refractivity contribution in [2.45, 2.75) is 6.54 Å². The number of methoxy groups -OCH3 is 1. The summed E-state index contributed by atoms with van der Waals surface area (Å²) in [5.74, 6) is -0.417. The number of nitrogens with zero attached hydrogens (tertiary/aromatic N) is 1. The van der Waals surface area contributed by atoms with Crippen molar-refractivity contribution in [2.24, 2.45) is 0 Å². The van der Waals surface area contributed by atoms with E-state index in [1.807, 2.05) is 0 Å². The first-order valence-corrected chi connectivity index (χ1v) is 5.20. The van der Waals surface area contributed by atoms with E-state index in [1.54, 1.807) is 12.1 Å². The summed E-state index contributed by atoms with van der Waals surface area (Å²) in [5, 5.41) is 2.98. The Bertz CT molecular complexity index is 537. The van der Waals surface area contributed by atoms with Crippen LogP contribution in [0.1, 0.15) is 16.1 Å². The number of ether oxygens (including phenoxy) is 1. The minimum atomic E-state index is -0.536. The van der Waals surface area contributed by atoms with Crippen LogP contribution in [0.4, 0.5) is 10.1 Å². The zero-order chi connectivity index (χ0) is 13.0. The number of pyridine rings is 1. The molecule has 1 N–H and O–H groups in total. The quantitative estimate of drug-likeness (QED) is 0.665. The maximum Gasteiger partial charge on any atom is 0.341 e. The van der Waals surface area contributed by atoms with Gasteiger partial charge in [0.15, 0.2) is 0 Å². The maximum atomic E-state index is 12.6. The van der Waals surface area contributed by atoms with E-state index < -0.39 is 11.9 Å². The molecule has 0 amide bonds. The Morgan fingerprint density at radius 1 is 1.56 bits per heavy atom. The van der Waals surface area contributed by atoms with Gasteiger partial charge in [-0.25, -0.2) is 9.78 Å². The molecule has 0 aliphatic heterocycles. The van der Waals surface area contributed by atoms with Crippen molar-refractivity contribution in [3.8, 4) is 0 Å². The highest BCUT2D eigenvalue weighted by Gasteiger charge is 2.09. The lowest BCUT2D eigenvalue weighted by atomic mass is 10.3. The molecule has 6 heteroatoms. The number of hydrogen-bond donors (Lipinski definition) is 1. The van der Waals surface area contributed by atoms with Crippen LogP contribution in [0.3, 0.4) is 0 Å². The van der Waals surface area contributed by atoms with Gasteiger partial charge in [0.1, 0.15) is 12.0 Å². The van der Waals surface area contributed by atoms with Gasteiger partial charge in [0, 0.05) is 0 Å². The molecule has 0 saturated carbocycles. The van der Waals surface area contributed by atoms with E-state index in [2.05, 4.69) is 15.0 Å². The Kier molecular flexibility index (Phi) is 3.57. The van der Waals surface area contributed by atoms with Crippen LogP contribution >= 0.6 is 0 Å². The lowest BCUT2D eigenvalue weighted by Crippen LogP contribution is -2.00. The van der Waals surface area contributed by atoms with Gasteiger partial charge in [0.2, 0.25) is 5.95 Å². The van der Waals surface area contributed by atoms with E-state index in [4.69, 9.17) is 4.42 Å². The van der Waals surface area contributed by atoms with Gasteiger partial charge in [0.05, 0.1) is 31.1 Å². The van der Waals surface area contributed by atoms with Crippen LogP contribution in [-0.2, 0) is 11.3 Å². The molecule has 0 radical (unpaired) electrons. The predicted molar refractivity (Wildman–Crippen MR) is 61.6 cm³/mol. The number of rotatable bonds is 4. The van der Waals surface area contributed by atoms with Crippen molar-refractivity contribution in [2.75, 3.05) is 12.4 Å². The number of carbonyl (C=O) groups excluding carboxylic acids is 1. The summed E-state index contributed by atoms with van der Waals surface area (Å²) in [5.41, 5.74) is 1.01. The van der Waals surface area contributed by atoms with Crippen molar-refractivity contribution >= 4 is 11.7 Å². The number of nitrogens with one attached hydrogen (secondary N) is 1. The summed E-state index contributed by atoms with van der Waals surface area (Å²) >= 11 is 0. The monoisotopic (exact) mass is 250 g/mol. The molecule has 0 aliphatic rings. The van der Waals surface area contributed by atoms with Crippen LogP contribution in [0.15, 0.2) is 35.1 Å². The highest BCUT2D eigenvalue weighted by atomic mass is 19.1. The second-order valence-electron chi connectivity index (χ2n) is 3.52. The molecule has 0 saturated heterocycles. The average molecular weight is 250 g/mol. The largest absolute Gasteiger partial charge is 0.467 e. The summed E-state index contributed by atoms with van der Waals surface area (Å²) < 4.78 is 22.3. The zero-order valence-corrected chi connectivity index (χ0v) is 9.64. The molecule has 0 spiro atoms. The van der Waals surface area contributed by atoms with E-state index in [1.165, 1.54) is 25.6 Å². The fraction of sp³-hybridized carbons (Fsp3) is 0.167. The molecule has 0 bridgehead atoms. The van der Waals surface area contributed by atoms with Gasteiger partial charge in [-0.05, 0) is 18.2 Å². The predicted octanol–water partition coefficient (Wildman–Crippen LogP) is 2.21. The smallest absolute Gasteiger partial charge is 0.341 e. The molecule has 2 rings (SSSR count). The molecule has 94 valence electrons. The van der Waals surface area contributed by atoms with Gasteiger partial charge < -0.3 is 14.5 Å². The summed E-state index contributed by atoms with van der Waals surface area (Å²) in [7, 11) is 1.30. The third kappa shape index (κ3) is 2.85. The van der Waals surface area contributed by atoms with Crippen molar-refractivity contribution in [1.29, 1.82) is 0 Å². The first-order chi connectivity index (χ1) is 8.69. The summed E-state index contributed by atoms with van der Waals surface area (Å²) in [4.78, 5) is 14.7.